The molecule has 2 aromatic carbocycles. The highest BCUT2D eigenvalue weighted by molar-refractivity contribution is 7.99. The van der Waals surface area contributed by atoms with Crippen molar-refractivity contribution in [1.29, 1.82) is 0 Å². The molecule has 0 amide bonds. The third-order valence-corrected chi connectivity index (χ3v) is 4.24. The number of methoxy groups -OCH3 is 1. The van der Waals surface area contributed by atoms with Crippen molar-refractivity contribution in [3.05, 3.63) is 58.6 Å². The van der Waals surface area contributed by atoms with E-state index in [0.29, 0.717) is 16.1 Å². The van der Waals surface area contributed by atoms with Crippen LogP contribution in [0.4, 0.5) is 0 Å². The normalized spacial score (nSPS) is 10.3. The highest BCUT2D eigenvalue weighted by atomic mass is 35.5. The van der Waals surface area contributed by atoms with Crippen LogP contribution in [0.25, 0.3) is 0 Å². The van der Waals surface area contributed by atoms with E-state index in [2.05, 4.69) is 4.74 Å². The van der Waals surface area contributed by atoms with Crippen LogP contribution in [0.3, 0.4) is 0 Å². The van der Waals surface area contributed by atoms with Crippen molar-refractivity contribution in [1.82, 2.24) is 0 Å². The number of benzene rings is 2. The van der Waals surface area contributed by atoms with Gasteiger partial charge in [-0.1, -0.05) is 23.4 Å². The number of aliphatic carboxylic acids is 1. The van der Waals surface area contributed by atoms with Crippen LogP contribution < -0.4 is 0 Å². The van der Waals surface area contributed by atoms with E-state index in [-0.39, 0.29) is 12.4 Å². The summed E-state index contributed by atoms with van der Waals surface area (Å²) in [5, 5.41) is 9.31. The molecule has 1 N–H and O–H groups in total. The minimum atomic E-state index is -0.925. The zero-order valence-corrected chi connectivity index (χ0v) is 13.3. The van der Waals surface area contributed by atoms with Crippen LogP contribution in [-0.2, 0) is 16.0 Å². The summed E-state index contributed by atoms with van der Waals surface area (Å²) in [6.45, 7) is 0. The first-order valence-electron chi connectivity index (χ1n) is 6.36. The van der Waals surface area contributed by atoms with Gasteiger partial charge in [0, 0.05) is 14.8 Å². The molecule has 114 valence electrons. The highest BCUT2D eigenvalue weighted by Crippen LogP contribution is 2.31. The number of halogens is 1. The van der Waals surface area contributed by atoms with E-state index in [1.165, 1.54) is 18.9 Å². The van der Waals surface area contributed by atoms with Crippen LogP contribution in [0.2, 0.25) is 5.02 Å². The highest BCUT2D eigenvalue weighted by Gasteiger charge is 2.09. The van der Waals surface area contributed by atoms with Gasteiger partial charge in [0.05, 0.1) is 19.1 Å². The fourth-order valence-corrected chi connectivity index (χ4v) is 2.89. The van der Waals surface area contributed by atoms with Crippen molar-refractivity contribution >= 4 is 35.3 Å². The van der Waals surface area contributed by atoms with E-state index >= 15 is 0 Å². The first-order chi connectivity index (χ1) is 10.5. The van der Waals surface area contributed by atoms with Crippen LogP contribution in [0, 0.1) is 0 Å². The first-order valence-corrected chi connectivity index (χ1v) is 7.55. The lowest BCUT2D eigenvalue weighted by molar-refractivity contribution is -0.136. The summed E-state index contributed by atoms with van der Waals surface area (Å²) in [6, 6.07) is 12.3. The summed E-state index contributed by atoms with van der Waals surface area (Å²) in [7, 11) is 1.34. The SMILES string of the molecule is COC(=O)c1ccc(Sc2ccc(Cl)c(CC(=O)O)c2)cc1. The Morgan fingerprint density at radius 2 is 1.77 bits per heavy atom. The summed E-state index contributed by atoms with van der Waals surface area (Å²) in [4.78, 5) is 24.0. The van der Waals surface area contributed by atoms with Crippen LogP contribution in [0.5, 0.6) is 0 Å². The Labute approximate surface area is 137 Å². The minimum Gasteiger partial charge on any atom is -0.481 e. The van der Waals surface area contributed by atoms with Crippen LogP contribution >= 0.6 is 23.4 Å². The molecule has 0 aliphatic rings. The van der Waals surface area contributed by atoms with Crippen LogP contribution in [0.1, 0.15) is 15.9 Å². The number of esters is 1. The summed E-state index contributed by atoms with van der Waals surface area (Å²) in [5.41, 5.74) is 1.06. The van der Waals surface area contributed by atoms with Crippen LogP contribution in [0.15, 0.2) is 52.3 Å². The van der Waals surface area contributed by atoms with Gasteiger partial charge in [-0.05, 0) is 48.0 Å². The second-order valence-corrected chi connectivity index (χ2v) is 6.00. The Kier molecular flexibility index (Phi) is 5.46. The van der Waals surface area contributed by atoms with Gasteiger partial charge in [0.2, 0.25) is 0 Å². The van der Waals surface area contributed by atoms with E-state index in [9.17, 15) is 9.59 Å². The molecule has 0 heterocycles. The van der Waals surface area contributed by atoms with Crippen molar-refractivity contribution in [2.45, 2.75) is 16.2 Å². The molecule has 6 heteroatoms. The van der Waals surface area contributed by atoms with Gasteiger partial charge in [-0.3, -0.25) is 4.79 Å². The first kappa shape index (κ1) is 16.4. The van der Waals surface area contributed by atoms with E-state index in [1.807, 2.05) is 18.2 Å². The molecule has 0 atom stereocenters. The molecule has 0 fully saturated rings. The molecule has 4 nitrogen and oxygen atoms in total. The molecule has 0 radical (unpaired) electrons. The molecule has 0 aliphatic carbocycles. The van der Waals surface area contributed by atoms with E-state index in [1.54, 1.807) is 24.3 Å². The monoisotopic (exact) mass is 336 g/mol. The van der Waals surface area contributed by atoms with Gasteiger partial charge in [-0.2, -0.15) is 0 Å². The zero-order chi connectivity index (χ0) is 16.1. The van der Waals surface area contributed by atoms with E-state index < -0.39 is 5.97 Å². The molecule has 0 saturated carbocycles. The minimum absolute atomic E-state index is 0.117. The quantitative estimate of drug-likeness (QED) is 0.839. The molecule has 2 aromatic rings. The van der Waals surface area contributed by atoms with E-state index in [0.717, 1.165) is 9.79 Å². The molecule has 0 spiro atoms. The average molecular weight is 337 g/mol. The van der Waals surface area contributed by atoms with Gasteiger partial charge in [-0.15, -0.1) is 0 Å². The van der Waals surface area contributed by atoms with Crippen molar-refractivity contribution in [3.8, 4) is 0 Å². The van der Waals surface area contributed by atoms with Gasteiger partial charge in [-0.25, -0.2) is 4.79 Å². The Hall–Kier alpha value is -1.98. The largest absolute Gasteiger partial charge is 0.481 e. The zero-order valence-electron chi connectivity index (χ0n) is 11.7. The average Bonchev–Trinajstić information content (AvgIpc) is 2.50. The second-order valence-electron chi connectivity index (χ2n) is 4.44. The fraction of sp³-hybridized carbons (Fsp3) is 0.125. The Balaban J connectivity index is 2.16. The molecule has 0 bridgehead atoms. The second kappa shape index (κ2) is 7.33. The fourth-order valence-electron chi connectivity index (χ4n) is 1.83. The molecule has 22 heavy (non-hydrogen) atoms. The van der Waals surface area contributed by atoms with E-state index in [4.69, 9.17) is 16.7 Å². The topological polar surface area (TPSA) is 63.6 Å². The molecule has 0 aromatic heterocycles. The summed E-state index contributed by atoms with van der Waals surface area (Å²) < 4.78 is 4.64. The maximum Gasteiger partial charge on any atom is 0.337 e. The molecular weight excluding hydrogens is 324 g/mol. The number of rotatable bonds is 5. The van der Waals surface area contributed by atoms with Gasteiger partial charge < -0.3 is 9.84 Å². The van der Waals surface area contributed by atoms with Gasteiger partial charge >= 0.3 is 11.9 Å². The maximum absolute atomic E-state index is 11.4. The summed E-state index contributed by atoms with van der Waals surface area (Å²) >= 11 is 7.45. The number of hydrogen-bond acceptors (Lipinski definition) is 4. The van der Waals surface area contributed by atoms with Crippen molar-refractivity contribution in [3.63, 3.8) is 0 Å². The maximum atomic E-state index is 11.4. The molecular formula is C16H13ClO4S. The van der Waals surface area contributed by atoms with Crippen molar-refractivity contribution < 1.29 is 19.4 Å². The Morgan fingerprint density at radius 3 is 2.36 bits per heavy atom. The lowest BCUT2D eigenvalue weighted by Gasteiger charge is -2.06. The Morgan fingerprint density at radius 1 is 1.14 bits per heavy atom. The number of carbonyl (C=O) groups is 2. The predicted octanol–water partition coefficient (Wildman–Crippen LogP) is 3.90. The third kappa shape index (κ3) is 4.26. The van der Waals surface area contributed by atoms with Gasteiger partial charge in [0.1, 0.15) is 0 Å². The molecule has 2 rings (SSSR count). The lowest BCUT2D eigenvalue weighted by atomic mass is 10.1. The summed E-state index contributed by atoms with van der Waals surface area (Å²) in [6.07, 6.45) is -0.117. The number of carbonyl (C=O) groups excluding carboxylic acids is 1. The number of ether oxygens (including phenoxy) is 1. The molecule has 0 unspecified atom stereocenters. The molecule has 0 saturated heterocycles. The lowest BCUT2D eigenvalue weighted by Crippen LogP contribution is -2.01. The van der Waals surface area contributed by atoms with Crippen molar-refractivity contribution in [2.75, 3.05) is 7.11 Å². The van der Waals surface area contributed by atoms with Crippen molar-refractivity contribution in [2.24, 2.45) is 0 Å². The number of carboxylic acids is 1. The predicted molar refractivity (Wildman–Crippen MR) is 84.7 cm³/mol. The standard InChI is InChI=1S/C16H13ClO4S/c1-21-16(20)10-2-4-12(5-3-10)22-13-6-7-14(17)11(8-13)9-15(18)19/h2-8H,9H2,1H3,(H,18,19). The van der Waals surface area contributed by atoms with Crippen LogP contribution in [-0.4, -0.2) is 24.2 Å². The molecule has 0 aliphatic heterocycles. The smallest absolute Gasteiger partial charge is 0.337 e. The third-order valence-electron chi connectivity index (χ3n) is 2.87. The summed E-state index contributed by atoms with van der Waals surface area (Å²) in [5.74, 6) is -1.31. The number of carboxylic acid groups (broad SMARTS) is 1. The van der Waals surface area contributed by atoms with Gasteiger partial charge in [0.15, 0.2) is 0 Å². The Bertz CT molecular complexity index is 698. The number of hydrogen-bond donors (Lipinski definition) is 1. The van der Waals surface area contributed by atoms with Gasteiger partial charge in [0.25, 0.3) is 0 Å².